The summed E-state index contributed by atoms with van der Waals surface area (Å²) in [5, 5.41) is 20.6. The number of nitrogens with zero attached hydrogens (tertiary/aromatic N) is 4. The second-order valence-electron chi connectivity index (χ2n) is 9.37. The highest BCUT2D eigenvalue weighted by molar-refractivity contribution is 5.82. The van der Waals surface area contributed by atoms with Crippen LogP contribution in [0.5, 0.6) is 0 Å². The molecule has 6 aromatic rings. The van der Waals surface area contributed by atoms with Crippen molar-refractivity contribution in [2.75, 3.05) is 0 Å². The molecule has 3 aromatic carbocycles. The topological polar surface area (TPSA) is 143 Å². The van der Waals surface area contributed by atoms with Crippen LogP contribution in [0.15, 0.2) is 100 Å². The van der Waals surface area contributed by atoms with E-state index >= 15 is 0 Å². The lowest BCUT2D eigenvalue weighted by Gasteiger charge is -2.11. The molecule has 0 saturated heterocycles. The molecule has 1 amide bonds. The van der Waals surface area contributed by atoms with Gasteiger partial charge in [-0.05, 0) is 11.1 Å². The Morgan fingerprint density at radius 1 is 0.884 bits per heavy atom. The number of hydrogen-bond acceptors (Lipinski definition) is 8. The number of aliphatic hydroxyl groups excluding tert-OH is 1. The number of amides is 1. The molecule has 216 valence electrons. The SMILES string of the molecule is O=C(NCc1ncc(-c2ccccc2)[nH]1)[C@H](O)c1ccc(-c2noc(-c3onc(-c4ccccc4)c3C(F)(F)F)n2)cc1. The van der Waals surface area contributed by atoms with E-state index in [-0.39, 0.29) is 23.5 Å². The fraction of sp³-hybridized carbons (Fsp3) is 0.100. The second-order valence-corrected chi connectivity index (χ2v) is 9.37. The van der Waals surface area contributed by atoms with Crippen LogP contribution >= 0.6 is 0 Å². The van der Waals surface area contributed by atoms with E-state index in [0.717, 1.165) is 11.3 Å². The first-order chi connectivity index (χ1) is 20.8. The van der Waals surface area contributed by atoms with Crippen molar-refractivity contribution < 1.29 is 32.1 Å². The number of aliphatic hydroxyl groups is 1. The lowest BCUT2D eigenvalue weighted by Crippen LogP contribution is -2.29. The van der Waals surface area contributed by atoms with Gasteiger partial charge in [-0.1, -0.05) is 95.2 Å². The number of halogens is 3. The summed E-state index contributed by atoms with van der Waals surface area (Å²) in [6.07, 6.45) is -4.64. The summed E-state index contributed by atoms with van der Waals surface area (Å²) in [7, 11) is 0. The summed E-state index contributed by atoms with van der Waals surface area (Å²) >= 11 is 0. The molecule has 3 heterocycles. The Labute approximate surface area is 241 Å². The summed E-state index contributed by atoms with van der Waals surface area (Å²) < 4.78 is 52.1. The Balaban J connectivity index is 1.14. The Hall–Kier alpha value is -5.56. The molecular weight excluding hydrogens is 565 g/mol. The lowest BCUT2D eigenvalue weighted by atomic mass is 10.1. The predicted molar refractivity (Wildman–Crippen MR) is 146 cm³/mol. The minimum absolute atomic E-state index is 0.0293. The summed E-state index contributed by atoms with van der Waals surface area (Å²) in [4.78, 5) is 24.0. The highest BCUT2D eigenvalue weighted by Crippen LogP contribution is 2.43. The van der Waals surface area contributed by atoms with Gasteiger partial charge in [0.05, 0.1) is 18.4 Å². The van der Waals surface area contributed by atoms with Crippen LogP contribution in [0.1, 0.15) is 23.1 Å². The van der Waals surface area contributed by atoms with E-state index in [4.69, 9.17) is 9.05 Å². The van der Waals surface area contributed by atoms with Crippen molar-refractivity contribution in [2.45, 2.75) is 18.8 Å². The predicted octanol–water partition coefficient (Wildman–Crippen LogP) is 5.82. The van der Waals surface area contributed by atoms with E-state index in [0.29, 0.717) is 11.4 Å². The summed E-state index contributed by atoms with van der Waals surface area (Å²) in [5.41, 5.74) is 1.06. The first-order valence-corrected chi connectivity index (χ1v) is 12.9. The number of H-pyrrole nitrogens is 1. The second kappa shape index (κ2) is 11.4. The van der Waals surface area contributed by atoms with Gasteiger partial charge >= 0.3 is 6.18 Å². The molecule has 43 heavy (non-hydrogen) atoms. The average Bonchev–Trinajstić information content (AvgIpc) is 3.80. The molecule has 0 saturated carbocycles. The molecule has 0 bridgehead atoms. The van der Waals surface area contributed by atoms with Crippen molar-refractivity contribution in [2.24, 2.45) is 0 Å². The zero-order chi connectivity index (χ0) is 30.0. The molecule has 13 heteroatoms. The molecule has 10 nitrogen and oxygen atoms in total. The van der Waals surface area contributed by atoms with Gasteiger partial charge in [-0.25, -0.2) is 4.98 Å². The molecule has 6 rings (SSSR count). The number of aromatic amines is 1. The number of benzene rings is 3. The first-order valence-electron chi connectivity index (χ1n) is 12.9. The first kappa shape index (κ1) is 27.6. The van der Waals surface area contributed by atoms with Crippen LogP contribution in [0.3, 0.4) is 0 Å². The molecule has 0 unspecified atom stereocenters. The number of alkyl halides is 3. The number of aromatic nitrogens is 5. The van der Waals surface area contributed by atoms with E-state index in [1.54, 1.807) is 24.4 Å². The Morgan fingerprint density at radius 3 is 2.23 bits per heavy atom. The smallest absolute Gasteiger partial charge is 0.378 e. The zero-order valence-corrected chi connectivity index (χ0v) is 22.0. The number of carbonyl (C=O) groups is 1. The molecule has 0 aliphatic rings. The third-order valence-electron chi connectivity index (χ3n) is 6.52. The van der Waals surface area contributed by atoms with Crippen LogP contribution < -0.4 is 5.32 Å². The molecular formula is C30H21F3N6O4. The highest BCUT2D eigenvalue weighted by Gasteiger charge is 2.43. The maximum atomic E-state index is 14.0. The largest absolute Gasteiger partial charge is 0.422 e. The molecule has 0 fully saturated rings. The van der Waals surface area contributed by atoms with E-state index in [9.17, 15) is 23.1 Å². The molecule has 0 aliphatic heterocycles. The summed E-state index contributed by atoms with van der Waals surface area (Å²) in [6, 6.07) is 23.3. The number of nitrogens with one attached hydrogen (secondary N) is 2. The average molecular weight is 587 g/mol. The molecule has 1 atom stereocenters. The van der Waals surface area contributed by atoms with Gasteiger partial charge < -0.3 is 24.5 Å². The van der Waals surface area contributed by atoms with Gasteiger partial charge in [0.15, 0.2) is 6.10 Å². The summed E-state index contributed by atoms with van der Waals surface area (Å²) in [5.74, 6) is -1.38. The maximum Gasteiger partial charge on any atom is 0.422 e. The maximum absolute atomic E-state index is 14.0. The third-order valence-corrected chi connectivity index (χ3v) is 6.52. The zero-order valence-electron chi connectivity index (χ0n) is 22.0. The van der Waals surface area contributed by atoms with Crippen molar-refractivity contribution in [1.29, 1.82) is 0 Å². The van der Waals surface area contributed by atoms with Crippen LogP contribution in [-0.2, 0) is 17.5 Å². The van der Waals surface area contributed by atoms with Gasteiger partial charge in [0.25, 0.3) is 11.8 Å². The molecule has 3 aromatic heterocycles. The van der Waals surface area contributed by atoms with Crippen LogP contribution in [0.2, 0.25) is 0 Å². The molecule has 0 radical (unpaired) electrons. The van der Waals surface area contributed by atoms with E-state index in [1.165, 1.54) is 36.4 Å². The van der Waals surface area contributed by atoms with Crippen molar-refractivity contribution in [3.63, 3.8) is 0 Å². The number of hydrogen-bond donors (Lipinski definition) is 3. The van der Waals surface area contributed by atoms with Gasteiger partial charge in [-0.3, -0.25) is 4.79 Å². The number of carbonyl (C=O) groups excluding carboxylic acids is 1. The van der Waals surface area contributed by atoms with E-state index in [2.05, 4.69) is 30.6 Å². The minimum Gasteiger partial charge on any atom is -0.378 e. The molecule has 0 aliphatic carbocycles. The Kier molecular flexibility index (Phi) is 7.30. The number of imidazole rings is 1. The van der Waals surface area contributed by atoms with Crippen LogP contribution in [0.4, 0.5) is 13.2 Å². The summed E-state index contributed by atoms with van der Waals surface area (Å²) in [6.45, 7) is 0.0694. The molecule has 0 spiro atoms. The fourth-order valence-electron chi connectivity index (χ4n) is 4.38. The van der Waals surface area contributed by atoms with Gasteiger partial charge in [-0.15, -0.1) is 0 Å². The van der Waals surface area contributed by atoms with E-state index < -0.39 is 41.1 Å². The fourth-order valence-corrected chi connectivity index (χ4v) is 4.38. The van der Waals surface area contributed by atoms with Crippen LogP contribution in [0, 0.1) is 0 Å². The van der Waals surface area contributed by atoms with Crippen molar-refractivity contribution in [3.05, 3.63) is 108 Å². The third kappa shape index (κ3) is 5.78. The minimum atomic E-state index is -4.81. The lowest BCUT2D eigenvalue weighted by molar-refractivity contribution is -0.137. The van der Waals surface area contributed by atoms with Gasteiger partial charge in [0.1, 0.15) is 17.1 Å². The Bertz CT molecular complexity index is 1850. The Morgan fingerprint density at radius 2 is 1.56 bits per heavy atom. The van der Waals surface area contributed by atoms with Crippen LogP contribution in [0.25, 0.3) is 45.6 Å². The quantitative estimate of drug-likeness (QED) is 0.203. The monoisotopic (exact) mass is 586 g/mol. The van der Waals surface area contributed by atoms with Gasteiger partial charge in [-0.2, -0.15) is 18.2 Å². The highest BCUT2D eigenvalue weighted by atomic mass is 19.4. The van der Waals surface area contributed by atoms with E-state index in [1.807, 2.05) is 30.3 Å². The van der Waals surface area contributed by atoms with Crippen molar-refractivity contribution in [3.8, 4) is 45.6 Å². The number of rotatable bonds is 8. The van der Waals surface area contributed by atoms with Gasteiger partial charge in [0, 0.05) is 11.1 Å². The van der Waals surface area contributed by atoms with Crippen molar-refractivity contribution in [1.82, 2.24) is 30.6 Å². The molecule has 3 N–H and O–H groups in total. The standard InChI is InChI=1S/C30H21F3N6O4/c31-30(32,33)23-24(18-9-5-2-6-10-18)38-42-26(23)29-37-27(39-43-29)20-13-11-19(12-14-20)25(40)28(41)35-16-22-34-15-21(36-22)17-7-3-1-4-8-17/h1-15,25,40H,16H2,(H,34,36)(H,35,41)/t25-/m1/s1. The van der Waals surface area contributed by atoms with Crippen molar-refractivity contribution >= 4 is 5.91 Å². The van der Waals surface area contributed by atoms with Gasteiger partial charge in [0.2, 0.25) is 11.6 Å². The normalized spacial score (nSPS) is 12.3. The van der Waals surface area contributed by atoms with Crippen LogP contribution in [-0.4, -0.2) is 36.3 Å².